The van der Waals surface area contributed by atoms with Crippen LogP contribution in [0.25, 0.3) is 0 Å². The van der Waals surface area contributed by atoms with Crippen LogP contribution in [0, 0.1) is 11.8 Å². The molecule has 0 amide bonds. The van der Waals surface area contributed by atoms with Crippen molar-refractivity contribution in [2.24, 2.45) is 17.6 Å². The van der Waals surface area contributed by atoms with Crippen LogP contribution in [0.3, 0.4) is 0 Å². The van der Waals surface area contributed by atoms with E-state index in [2.05, 4.69) is 35.8 Å². The van der Waals surface area contributed by atoms with E-state index in [9.17, 15) is 0 Å². The molecule has 1 fully saturated rings. The summed E-state index contributed by atoms with van der Waals surface area (Å²) in [5.74, 6) is 2.37. The Balaban J connectivity index is 2.21. The van der Waals surface area contributed by atoms with Gasteiger partial charge >= 0.3 is 0 Å². The largest absolute Gasteiger partial charge is 0.496 e. The molecule has 2 atom stereocenters. The quantitative estimate of drug-likeness (QED) is 0.905. The molecule has 2 nitrogen and oxygen atoms in total. The standard InChI is InChI=1S/C16H24BrNO/c1-11-6-12(2)9-16(18,8-11)10-13-7-14(17)4-5-15(13)19-3/h4-5,7,11-12H,6,8-10,18H2,1-3H3. The Morgan fingerprint density at radius 2 is 1.95 bits per heavy atom. The minimum absolute atomic E-state index is 0.0921. The van der Waals surface area contributed by atoms with Crippen molar-refractivity contribution < 1.29 is 4.74 Å². The maximum absolute atomic E-state index is 6.67. The Hall–Kier alpha value is -0.540. The van der Waals surface area contributed by atoms with Gasteiger partial charge in [-0.25, -0.2) is 0 Å². The number of hydrogen-bond acceptors (Lipinski definition) is 2. The summed E-state index contributed by atoms with van der Waals surface area (Å²) < 4.78 is 6.55. The number of methoxy groups -OCH3 is 1. The van der Waals surface area contributed by atoms with Crippen molar-refractivity contribution in [3.8, 4) is 5.75 Å². The van der Waals surface area contributed by atoms with E-state index in [1.807, 2.05) is 12.1 Å². The third-order valence-electron chi connectivity index (χ3n) is 4.10. The topological polar surface area (TPSA) is 35.2 Å². The van der Waals surface area contributed by atoms with E-state index in [1.165, 1.54) is 12.0 Å². The molecule has 0 heterocycles. The highest BCUT2D eigenvalue weighted by atomic mass is 79.9. The fourth-order valence-corrected chi connectivity index (χ4v) is 4.14. The average Bonchev–Trinajstić information content (AvgIpc) is 2.26. The van der Waals surface area contributed by atoms with Gasteiger partial charge in [0.05, 0.1) is 7.11 Å². The zero-order valence-electron chi connectivity index (χ0n) is 12.1. The van der Waals surface area contributed by atoms with Gasteiger partial charge in [0.15, 0.2) is 0 Å². The molecule has 1 aliphatic rings. The van der Waals surface area contributed by atoms with Crippen molar-refractivity contribution in [1.82, 2.24) is 0 Å². The number of nitrogens with two attached hydrogens (primary N) is 1. The molecule has 0 aliphatic heterocycles. The van der Waals surface area contributed by atoms with Gasteiger partial charge in [0.1, 0.15) is 5.75 Å². The average molecular weight is 326 g/mol. The lowest BCUT2D eigenvalue weighted by Crippen LogP contribution is -2.48. The summed E-state index contributed by atoms with van der Waals surface area (Å²) in [6, 6.07) is 6.16. The van der Waals surface area contributed by atoms with E-state index < -0.39 is 0 Å². The minimum Gasteiger partial charge on any atom is -0.496 e. The van der Waals surface area contributed by atoms with Crippen molar-refractivity contribution in [2.45, 2.75) is 45.1 Å². The summed E-state index contributed by atoms with van der Waals surface area (Å²) in [6.07, 6.45) is 4.40. The second-order valence-corrected chi connectivity index (χ2v) is 7.27. The number of ether oxygens (including phenoxy) is 1. The second kappa shape index (κ2) is 5.84. The molecule has 1 aromatic carbocycles. The molecule has 1 aliphatic carbocycles. The van der Waals surface area contributed by atoms with Crippen LogP contribution in [0.1, 0.15) is 38.7 Å². The second-order valence-electron chi connectivity index (χ2n) is 6.35. The van der Waals surface area contributed by atoms with Gasteiger partial charge in [0.2, 0.25) is 0 Å². The van der Waals surface area contributed by atoms with Gasteiger partial charge in [0, 0.05) is 10.0 Å². The van der Waals surface area contributed by atoms with E-state index in [1.54, 1.807) is 7.11 Å². The van der Waals surface area contributed by atoms with Crippen LogP contribution in [0.5, 0.6) is 5.75 Å². The van der Waals surface area contributed by atoms with Gasteiger partial charge < -0.3 is 10.5 Å². The zero-order chi connectivity index (χ0) is 14.0. The highest BCUT2D eigenvalue weighted by molar-refractivity contribution is 9.10. The lowest BCUT2D eigenvalue weighted by atomic mass is 9.70. The number of halogens is 1. The Kier molecular flexibility index (Phi) is 4.57. The first-order valence-electron chi connectivity index (χ1n) is 7.03. The number of hydrogen-bond donors (Lipinski definition) is 1. The van der Waals surface area contributed by atoms with Crippen LogP contribution >= 0.6 is 15.9 Å². The molecule has 1 aromatic rings. The number of rotatable bonds is 3. The van der Waals surface area contributed by atoms with Crippen LogP contribution in [-0.2, 0) is 6.42 Å². The van der Waals surface area contributed by atoms with Gasteiger partial charge in [-0.2, -0.15) is 0 Å². The van der Waals surface area contributed by atoms with Crippen LogP contribution in [0.4, 0.5) is 0 Å². The SMILES string of the molecule is COc1ccc(Br)cc1CC1(N)CC(C)CC(C)C1. The minimum atomic E-state index is -0.0921. The Morgan fingerprint density at radius 1 is 1.32 bits per heavy atom. The Bertz CT molecular complexity index is 436. The molecule has 0 radical (unpaired) electrons. The monoisotopic (exact) mass is 325 g/mol. The molecule has 1 saturated carbocycles. The summed E-state index contributed by atoms with van der Waals surface area (Å²) in [7, 11) is 1.72. The van der Waals surface area contributed by atoms with Crippen molar-refractivity contribution in [2.75, 3.05) is 7.11 Å². The van der Waals surface area contributed by atoms with Crippen molar-refractivity contribution in [3.63, 3.8) is 0 Å². The van der Waals surface area contributed by atoms with Crippen molar-refractivity contribution in [1.29, 1.82) is 0 Å². The molecule has 0 spiro atoms. The maximum atomic E-state index is 6.67. The molecule has 0 aromatic heterocycles. The van der Waals surface area contributed by atoms with Crippen LogP contribution in [0.15, 0.2) is 22.7 Å². The van der Waals surface area contributed by atoms with Gasteiger partial charge in [0.25, 0.3) is 0 Å². The Labute approximate surface area is 124 Å². The normalized spacial score (nSPS) is 31.2. The van der Waals surface area contributed by atoms with Crippen LogP contribution in [0.2, 0.25) is 0 Å². The van der Waals surface area contributed by atoms with E-state index in [0.29, 0.717) is 11.8 Å². The molecule has 2 unspecified atom stereocenters. The molecule has 2 N–H and O–H groups in total. The van der Waals surface area contributed by atoms with E-state index in [0.717, 1.165) is 29.5 Å². The smallest absolute Gasteiger partial charge is 0.122 e. The van der Waals surface area contributed by atoms with E-state index in [4.69, 9.17) is 10.5 Å². The van der Waals surface area contributed by atoms with Gasteiger partial charge in [-0.15, -0.1) is 0 Å². The molecular weight excluding hydrogens is 302 g/mol. The lowest BCUT2D eigenvalue weighted by Gasteiger charge is -2.40. The third-order valence-corrected chi connectivity index (χ3v) is 4.59. The lowest BCUT2D eigenvalue weighted by molar-refractivity contribution is 0.181. The van der Waals surface area contributed by atoms with Crippen molar-refractivity contribution >= 4 is 15.9 Å². The number of benzene rings is 1. The molecule has 0 saturated heterocycles. The van der Waals surface area contributed by atoms with Gasteiger partial charge in [-0.05, 0) is 61.3 Å². The summed E-state index contributed by atoms with van der Waals surface area (Å²) in [5.41, 5.74) is 7.79. The highest BCUT2D eigenvalue weighted by Gasteiger charge is 2.35. The highest BCUT2D eigenvalue weighted by Crippen LogP contribution is 2.38. The fourth-order valence-electron chi connectivity index (χ4n) is 3.73. The first-order valence-corrected chi connectivity index (χ1v) is 7.82. The van der Waals surface area contributed by atoms with E-state index >= 15 is 0 Å². The first-order chi connectivity index (χ1) is 8.92. The first kappa shape index (κ1) is 14.9. The van der Waals surface area contributed by atoms with Gasteiger partial charge in [-0.3, -0.25) is 0 Å². The fraction of sp³-hybridized carbons (Fsp3) is 0.625. The van der Waals surface area contributed by atoms with Crippen LogP contribution < -0.4 is 10.5 Å². The molecular formula is C16H24BrNO. The molecule has 2 rings (SSSR count). The summed E-state index contributed by atoms with van der Waals surface area (Å²) in [6.45, 7) is 4.63. The summed E-state index contributed by atoms with van der Waals surface area (Å²) in [4.78, 5) is 0. The predicted octanol–water partition coefficient (Wildman–Crippen LogP) is 4.15. The van der Waals surface area contributed by atoms with Gasteiger partial charge in [-0.1, -0.05) is 29.8 Å². The Morgan fingerprint density at radius 3 is 2.53 bits per heavy atom. The maximum Gasteiger partial charge on any atom is 0.122 e. The zero-order valence-corrected chi connectivity index (χ0v) is 13.7. The molecule has 3 heteroatoms. The summed E-state index contributed by atoms with van der Waals surface area (Å²) >= 11 is 3.54. The molecule has 106 valence electrons. The predicted molar refractivity (Wildman–Crippen MR) is 83.5 cm³/mol. The van der Waals surface area contributed by atoms with E-state index in [-0.39, 0.29) is 5.54 Å². The summed E-state index contributed by atoms with van der Waals surface area (Å²) in [5, 5.41) is 0. The third kappa shape index (κ3) is 3.73. The molecule has 19 heavy (non-hydrogen) atoms. The van der Waals surface area contributed by atoms with Crippen molar-refractivity contribution in [3.05, 3.63) is 28.2 Å². The molecule has 0 bridgehead atoms. The van der Waals surface area contributed by atoms with Crippen LogP contribution in [-0.4, -0.2) is 12.6 Å².